The highest BCUT2D eigenvalue weighted by molar-refractivity contribution is 7.90. The predicted octanol–water partition coefficient (Wildman–Crippen LogP) is 1.48. The van der Waals surface area contributed by atoms with Gasteiger partial charge in [0.15, 0.2) is 0 Å². The molecular weight excluding hydrogens is 368 g/mol. The standard InChI is InChI=1S/C18H24N4O4S/c1-4-10-22(5-2)14-8-6-13(7-9-14)18(24)20-27(25,26)15-11-16(17(19)23)21(3)12-15/h6-9,11-12H,4-5,10H2,1-3H3,(H2,19,23)(H,20,24). The highest BCUT2D eigenvalue weighted by Crippen LogP contribution is 2.17. The normalized spacial score (nSPS) is 11.2. The fraction of sp³-hybridized carbons (Fsp3) is 0.333. The number of carbonyl (C=O) groups is 2. The predicted molar refractivity (Wildman–Crippen MR) is 103 cm³/mol. The Hall–Kier alpha value is -2.81. The van der Waals surface area contributed by atoms with Crippen LogP contribution in [0.4, 0.5) is 5.69 Å². The van der Waals surface area contributed by atoms with E-state index in [0.29, 0.717) is 0 Å². The molecule has 2 rings (SSSR count). The minimum atomic E-state index is -4.12. The fourth-order valence-corrected chi connectivity index (χ4v) is 3.77. The van der Waals surface area contributed by atoms with Crippen molar-refractivity contribution in [3.05, 3.63) is 47.8 Å². The first-order valence-electron chi connectivity index (χ1n) is 8.58. The van der Waals surface area contributed by atoms with Crippen molar-refractivity contribution < 1.29 is 18.0 Å². The van der Waals surface area contributed by atoms with Crippen LogP contribution in [0.25, 0.3) is 0 Å². The van der Waals surface area contributed by atoms with Crippen LogP contribution in [0.1, 0.15) is 41.1 Å². The fourth-order valence-electron chi connectivity index (χ4n) is 2.73. The van der Waals surface area contributed by atoms with Gasteiger partial charge in [0.05, 0.1) is 0 Å². The monoisotopic (exact) mass is 392 g/mol. The van der Waals surface area contributed by atoms with Crippen molar-refractivity contribution in [1.82, 2.24) is 9.29 Å². The maximum atomic E-state index is 12.4. The molecule has 0 aliphatic rings. The number of amides is 2. The van der Waals surface area contributed by atoms with Gasteiger partial charge in [0, 0.05) is 37.6 Å². The smallest absolute Gasteiger partial charge is 0.265 e. The van der Waals surface area contributed by atoms with Crippen LogP contribution in [-0.2, 0) is 17.1 Å². The molecule has 0 spiro atoms. The summed E-state index contributed by atoms with van der Waals surface area (Å²) < 4.78 is 28.1. The first-order chi connectivity index (χ1) is 12.7. The first kappa shape index (κ1) is 20.5. The summed E-state index contributed by atoms with van der Waals surface area (Å²) in [5.74, 6) is -1.50. The molecule has 1 aromatic heterocycles. The van der Waals surface area contributed by atoms with Crippen LogP contribution in [0, 0.1) is 0 Å². The van der Waals surface area contributed by atoms with Crippen molar-refractivity contribution in [2.45, 2.75) is 25.2 Å². The number of benzene rings is 1. The van der Waals surface area contributed by atoms with E-state index in [9.17, 15) is 18.0 Å². The van der Waals surface area contributed by atoms with Gasteiger partial charge >= 0.3 is 0 Å². The number of nitrogens with two attached hydrogens (primary N) is 1. The van der Waals surface area contributed by atoms with Crippen LogP contribution in [-0.4, -0.2) is 37.9 Å². The molecule has 1 heterocycles. The quantitative estimate of drug-likeness (QED) is 0.706. The van der Waals surface area contributed by atoms with E-state index in [0.717, 1.165) is 31.3 Å². The van der Waals surface area contributed by atoms with Crippen molar-refractivity contribution in [2.75, 3.05) is 18.0 Å². The van der Waals surface area contributed by atoms with Crippen molar-refractivity contribution >= 4 is 27.5 Å². The maximum absolute atomic E-state index is 12.4. The summed E-state index contributed by atoms with van der Waals surface area (Å²) in [4.78, 5) is 25.6. The molecule has 9 heteroatoms. The Morgan fingerprint density at radius 1 is 1.19 bits per heavy atom. The summed E-state index contributed by atoms with van der Waals surface area (Å²) in [5.41, 5.74) is 6.41. The van der Waals surface area contributed by atoms with Gasteiger partial charge in [-0.15, -0.1) is 0 Å². The van der Waals surface area contributed by atoms with Crippen LogP contribution in [0.3, 0.4) is 0 Å². The second-order valence-corrected chi connectivity index (χ2v) is 7.78. The van der Waals surface area contributed by atoms with E-state index in [4.69, 9.17) is 5.73 Å². The third-order valence-corrected chi connectivity index (χ3v) is 5.44. The Kier molecular flexibility index (Phi) is 6.27. The van der Waals surface area contributed by atoms with E-state index in [1.807, 2.05) is 11.6 Å². The molecule has 3 N–H and O–H groups in total. The van der Waals surface area contributed by atoms with Gasteiger partial charge in [0.1, 0.15) is 10.6 Å². The third kappa shape index (κ3) is 4.68. The zero-order valence-corrected chi connectivity index (χ0v) is 16.4. The van der Waals surface area contributed by atoms with Gasteiger partial charge in [0.25, 0.3) is 21.8 Å². The number of anilines is 1. The molecule has 0 bridgehead atoms. The van der Waals surface area contributed by atoms with Gasteiger partial charge in [0.2, 0.25) is 0 Å². The highest BCUT2D eigenvalue weighted by Gasteiger charge is 2.22. The Morgan fingerprint density at radius 2 is 1.81 bits per heavy atom. The highest BCUT2D eigenvalue weighted by atomic mass is 32.2. The van der Waals surface area contributed by atoms with Crippen LogP contribution in [0.5, 0.6) is 0 Å². The van der Waals surface area contributed by atoms with E-state index >= 15 is 0 Å². The number of carbonyl (C=O) groups excluding carboxylic acids is 2. The van der Waals surface area contributed by atoms with Crippen molar-refractivity contribution in [1.29, 1.82) is 0 Å². The number of primary amides is 1. The van der Waals surface area contributed by atoms with Crippen LogP contribution >= 0.6 is 0 Å². The molecule has 0 aliphatic carbocycles. The van der Waals surface area contributed by atoms with E-state index in [-0.39, 0.29) is 16.2 Å². The second kappa shape index (κ2) is 8.26. The Labute approximate surface area is 159 Å². The summed E-state index contributed by atoms with van der Waals surface area (Å²) in [6, 6.07) is 7.87. The van der Waals surface area contributed by atoms with Crippen LogP contribution in [0.15, 0.2) is 41.4 Å². The van der Waals surface area contributed by atoms with E-state index in [1.54, 1.807) is 24.3 Å². The molecule has 146 valence electrons. The number of nitrogens with one attached hydrogen (secondary N) is 1. The molecule has 0 unspecified atom stereocenters. The van der Waals surface area contributed by atoms with Crippen molar-refractivity contribution in [2.24, 2.45) is 12.8 Å². The van der Waals surface area contributed by atoms with E-state index in [2.05, 4.69) is 11.8 Å². The number of hydrogen-bond donors (Lipinski definition) is 2. The Bertz CT molecular complexity index is 933. The number of sulfonamides is 1. The lowest BCUT2D eigenvalue weighted by atomic mass is 10.2. The second-order valence-electron chi connectivity index (χ2n) is 6.10. The summed E-state index contributed by atoms with van der Waals surface area (Å²) in [6.07, 6.45) is 2.22. The topological polar surface area (TPSA) is 114 Å². The lowest BCUT2D eigenvalue weighted by Gasteiger charge is -2.22. The van der Waals surface area contributed by atoms with Crippen molar-refractivity contribution in [3.8, 4) is 0 Å². The summed E-state index contributed by atoms with van der Waals surface area (Å²) in [5, 5.41) is 0. The third-order valence-electron chi connectivity index (χ3n) is 4.14. The largest absolute Gasteiger partial charge is 0.372 e. The molecule has 27 heavy (non-hydrogen) atoms. The zero-order valence-electron chi connectivity index (χ0n) is 15.6. The minimum absolute atomic E-state index is 0.0303. The molecule has 0 saturated heterocycles. The lowest BCUT2D eigenvalue weighted by Crippen LogP contribution is -2.30. The lowest BCUT2D eigenvalue weighted by molar-refractivity contribution is 0.0977. The molecule has 1 aromatic carbocycles. The molecular formula is C18H24N4O4S. The van der Waals surface area contributed by atoms with Gasteiger partial charge in [-0.1, -0.05) is 6.92 Å². The number of rotatable bonds is 8. The van der Waals surface area contributed by atoms with Gasteiger partial charge in [-0.05, 0) is 43.7 Å². The molecule has 0 atom stereocenters. The molecule has 2 aromatic rings. The summed E-state index contributed by atoms with van der Waals surface area (Å²) >= 11 is 0. The van der Waals surface area contributed by atoms with Gasteiger partial charge in [-0.25, -0.2) is 13.1 Å². The van der Waals surface area contributed by atoms with Crippen molar-refractivity contribution in [3.63, 3.8) is 0 Å². The average molecular weight is 392 g/mol. The molecule has 0 aliphatic heterocycles. The number of aromatic nitrogens is 1. The van der Waals surface area contributed by atoms with Gasteiger partial charge in [-0.3, -0.25) is 9.59 Å². The van der Waals surface area contributed by atoms with Crippen LogP contribution < -0.4 is 15.4 Å². The Morgan fingerprint density at radius 3 is 2.30 bits per heavy atom. The van der Waals surface area contributed by atoms with Crippen LogP contribution in [0.2, 0.25) is 0 Å². The molecule has 0 fully saturated rings. The Balaban J connectivity index is 2.18. The minimum Gasteiger partial charge on any atom is -0.372 e. The number of aryl methyl sites for hydroxylation is 1. The molecule has 0 saturated carbocycles. The SMILES string of the molecule is CCCN(CC)c1ccc(C(=O)NS(=O)(=O)c2cc(C(N)=O)n(C)c2)cc1. The van der Waals surface area contributed by atoms with Gasteiger partial charge in [-0.2, -0.15) is 0 Å². The molecule has 8 nitrogen and oxygen atoms in total. The first-order valence-corrected chi connectivity index (χ1v) is 10.1. The molecule has 0 radical (unpaired) electrons. The zero-order chi connectivity index (χ0) is 20.2. The molecule has 2 amide bonds. The average Bonchev–Trinajstić information content (AvgIpc) is 3.02. The van der Waals surface area contributed by atoms with Gasteiger partial charge < -0.3 is 15.2 Å². The summed E-state index contributed by atoms with van der Waals surface area (Å²) in [6.45, 7) is 5.86. The summed E-state index contributed by atoms with van der Waals surface area (Å²) in [7, 11) is -2.63. The maximum Gasteiger partial charge on any atom is 0.265 e. The van der Waals surface area contributed by atoms with E-state index in [1.165, 1.54) is 17.8 Å². The van der Waals surface area contributed by atoms with E-state index < -0.39 is 21.8 Å². The number of nitrogens with zero attached hydrogens (tertiary/aromatic N) is 2. The number of hydrogen-bond acceptors (Lipinski definition) is 5.